The van der Waals surface area contributed by atoms with Gasteiger partial charge in [-0.3, -0.25) is 4.57 Å². The number of benzene rings is 8. The summed E-state index contributed by atoms with van der Waals surface area (Å²) in [5.41, 5.74) is 11.3. The van der Waals surface area contributed by atoms with Gasteiger partial charge in [-0.05, 0) is 53.6 Å². The molecule has 0 saturated heterocycles. The Morgan fingerprint density at radius 3 is 1.86 bits per heavy atom. The number of aromatic nitrogens is 6. The van der Waals surface area contributed by atoms with Crippen molar-refractivity contribution >= 4 is 75.4 Å². The lowest BCUT2D eigenvalue weighted by Gasteiger charge is -2.11. The fourth-order valence-corrected chi connectivity index (χ4v) is 10.2. The lowest BCUT2D eigenvalue weighted by atomic mass is 9.99. The van der Waals surface area contributed by atoms with E-state index < -0.39 is 0 Å². The summed E-state index contributed by atoms with van der Waals surface area (Å²) in [5.74, 6) is 2.30. The van der Waals surface area contributed by atoms with E-state index >= 15 is 0 Å². The van der Waals surface area contributed by atoms with Gasteiger partial charge in [0.1, 0.15) is 11.2 Å². The summed E-state index contributed by atoms with van der Waals surface area (Å²) in [6.07, 6.45) is 0. The average Bonchev–Trinajstić information content (AvgIpc) is 4.04. The molecule has 8 heteroatoms. The van der Waals surface area contributed by atoms with Crippen LogP contribution >= 0.6 is 11.3 Å². The van der Waals surface area contributed by atoms with Crippen molar-refractivity contribution in [2.45, 2.75) is 0 Å². The summed E-state index contributed by atoms with van der Waals surface area (Å²) in [5, 5.41) is 5.29. The molecule has 0 unspecified atom stereocenters. The second-order valence-corrected chi connectivity index (χ2v) is 16.7. The van der Waals surface area contributed by atoms with E-state index in [1.807, 2.05) is 48.5 Å². The smallest absolute Gasteiger partial charge is 0.238 e. The minimum Gasteiger partial charge on any atom is -0.455 e. The van der Waals surface area contributed by atoms with Gasteiger partial charge < -0.3 is 4.42 Å². The van der Waals surface area contributed by atoms with E-state index in [4.69, 9.17) is 29.3 Å². The Morgan fingerprint density at radius 1 is 0.413 bits per heavy atom. The van der Waals surface area contributed by atoms with E-state index in [1.54, 1.807) is 11.3 Å². The number of thiophene rings is 1. The largest absolute Gasteiger partial charge is 0.455 e. The van der Waals surface area contributed by atoms with Crippen molar-refractivity contribution in [3.63, 3.8) is 0 Å². The number of rotatable bonds is 6. The van der Waals surface area contributed by atoms with Crippen LogP contribution in [0.4, 0.5) is 0 Å². The highest BCUT2D eigenvalue weighted by Crippen LogP contribution is 2.43. The summed E-state index contributed by atoms with van der Waals surface area (Å²) >= 11 is 1.73. The SMILES string of the molecule is c1ccc(-c2nc(-c3ccc4oc5c(-c6nc(-c7ccccc7)c7sc8ccccc8c7n6)cccc5c4c3)nc(-n3c4ccccc4c4c(-c5ccccc5)cccc43)n2)cc1. The Labute approximate surface area is 364 Å². The van der Waals surface area contributed by atoms with Gasteiger partial charge in [0.05, 0.1) is 32.5 Å². The molecule has 63 heavy (non-hydrogen) atoms. The lowest BCUT2D eigenvalue weighted by molar-refractivity contribution is 0.669. The van der Waals surface area contributed by atoms with Crippen molar-refractivity contribution in [1.82, 2.24) is 29.5 Å². The minimum absolute atomic E-state index is 0.539. The van der Waals surface area contributed by atoms with E-state index in [0.717, 1.165) is 98.4 Å². The number of furan rings is 1. The van der Waals surface area contributed by atoms with Crippen LogP contribution in [0.1, 0.15) is 0 Å². The van der Waals surface area contributed by atoms with Crippen LogP contribution in [0.25, 0.3) is 127 Å². The molecule has 294 valence electrons. The fraction of sp³-hybridized carbons (Fsp3) is 0. The second kappa shape index (κ2) is 14.1. The van der Waals surface area contributed by atoms with Gasteiger partial charge in [-0.15, -0.1) is 11.3 Å². The minimum atomic E-state index is 0.539. The Hall–Kier alpha value is -8.33. The molecule has 13 aromatic rings. The molecule has 13 rings (SSSR count). The Morgan fingerprint density at radius 2 is 1.05 bits per heavy atom. The highest BCUT2D eigenvalue weighted by molar-refractivity contribution is 7.26. The topological polar surface area (TPSA) is 82.5 Å². The van der Waals surface area contributed by atoms with E-state index in [9.17, 15) is 0 Å². The molecular weight excluding hydrogens is 793 g/mol. The van der Waals surface area contributed by atoms with Gasteiger partial charge in [0, 0.05) is 48.3 Å². The zero-order valence-electron chi connectivity index (χ0n) is 33.5. The van der Waals surface area contributed by atoms with Gasteiger partial charge in [0.25, 0.3) is 0 Å². The third-order valence-corrected chi connectivity index (χ3v) is 13.1. The molecule has 0 saturated carbocycles. The van der Waals surface area contributed by atoms with Crippen LogP contribution in [-0.2, 0) is 0 Å². The zero-order valence-corrected chi connectivity index (χ0v) is 34.3. The van der Waals surface area contributed by atoms with Crippen LogP contribution in [0.15, 0.2) is 199 Å². The molecule has 0 amide bonds. The first kappa shape index (κ1) is 35.4. The number of hydrogen-bond donors (Lipinski definition) is 0. The Bertz CT molecular complexity index is 3910. The van der Waals surface area contributed by atoms with Gasteiger partial charge in [0.15, 0.2) is 17.5 Å². The third kappa shape index (κ3) is 5.69. The number of hydrogen-bond acceptors (Lipinski definition) is 7. The molecule has 5 heterocycles. The fourth-order valence-electron chi connectivity index (χ4n) is 9.02. The maximum atomic E-state index is 6.74. The zero-order chi connectivity index (χ0) is 41.4. The molecule has 0 aliphatic carbocycles. The molecule has 0 aliphatic rings. The van der Waals surface area contributed by atoms with Gasteiger partial charge in [-0.25, -0.2) is 15.0 Å². The van der Waals surface area contributed by atoms with Crippen LogP contribution < -0.4 is 0 Å². The summed E-state index contributed by atoms with van der Waals surface area (Å²) in [7, 11) is 0. The first-order valence-electron chi connectivity index (χ1n) is 20.8. The first-order chi connectivity index (χ1) is 31.2. The quantitative estimate of drug-likeness (QED) is 0.166. The molecule has 0 spiro atoms. The molecular formula is C55H32N6OS. The number of nitrogens with zero attached hydrogens (tertiary/aromatic N) is 6. The summed E-state index contributed by atoms with van der Waals surface area (Å²) in [4.78, 5) is 26.2. The maximum Gasteiger partial charge on any atom is 0.238 e. The lowest BCUT2D eigenvalue weighted by Crippen LogP contribution is -2.06. The normalized spacial score (nSPS) is 11.8. The van der Waals surface area contributed by atoms with Crippen molar-refractivity contribution in [3.8, 4) is 62.5 Å². The van der Waals surface area contributed by atoms with Gasteiger partial charge in [-0.1, -0.05) is 152 Å². The van der Waals surface area contributed by atoms with Crippen LogP contribution in [0.2, 0.25) is 0 Å². The highest BCUT2D eigenvalue weighted by atomic mass is 32.1. The molecule has 0 atom stereocenters. The van der Waals surface area contributed by atoms with Crippen LogP contribution in [0, 0.1) is 0 Å². The van der Waals surface area contributed by atoms with Crippen molar-refractivity contribution in [3.05, 3.63) is 194 Å². The first-order valence-corrected chi connectivity index (χ1v) is 21.7. The van der Waals surface area contributed by atoms with E-state index in [-0.39, 0.29) is 0 Å². The number of para-hydroxylation sites is 2. The monoisotopic (exact) mass is 824 g/mol. The molecule has 0 radical (unpaired) electrons. The highest BCUT2D eigenvalue weighted by Gasteiger charge is 2.23. The molecule has 0 N–H and O–H groups in total. The van der Waals surface area contributed by atoms with Crippen LogP contribution in [0.5, 0.6) is 0 Å². The third-order valence-electron chi connectivity index (χ3n) is 11.9. The van der Waals surface area contributed by atoms with Crippen molar-refractivity contribution in [2.75, 3.05) is 0 Å². The molecule has 5 aromatic heterocycles. The maximum absolute atomic E-state index is 6.74. The van der Waals surface area contributed by atoms with E-state index in [0.29, 0.717) is 23.4 Å². The van der Waals surface area contributed by atoms with Gasteiger partial charge in [-0.2, -0.15) is 9.97 Å². The number of fused-ring (bicyclic) bond motifs is 9. The van der Waals surface area contributed by atoms with Gasteiger partial charge >= 0.3 is 0 Å². The molecule has 7 nitrogen and oxygen atoms in total. The Kier molecular flexibility index (Phi) is 7.94. The molecule has 8 aromatic carbocycles. The van der Waals surface area contributed by atoms with Crippen LogP contribution in [0.3, 0.4) is 0 Å². The van der Waals surface area contributed by atoms with Crippen LogP contribution in [-0.4, -0.2) is 29.5 Å². The summed E-state index contributed by atoms with van der Waals surface area (Å²) < 4.78 is 11.2. The standard InChI is InChI=1S/C55H32N6OS/c1-4-16-33(17-5-1)37-24-15-28-44-47(37)39-22-10-12-27-43(39)61(44)55-59-52(35-20-8-3-9-21-35)58-53(60-55)36-30-31-45-42(32-36)38-25-14-26-41(50(38)62-45)54-56-48(34-18-6-2-7-19-34)51-49(57-54)40-23-11-13-29-46(40)63-51/h1-32H. The van der Waals surface area contributed by atoms with Gasteiger partial charge in [0.2, 0.25) is 5.95 Å². The molecule has 0 bridgehead atoms. The summed E-state index contributed by atoms with van der Waals surface area (Å²) in [6.45, 7) is 0. The molecule has 0 aliphatic heterocycles. The predicted octanol–water partition coefficient (Wildman–Crippen LogP) is 14.4. The predicted molar refractivity (Wildman–Crippen MR) is 257 cm³/mol. The van der Waals surface area contributed by atoms with Crippen molar-refractivity contribution < 1.29 is 4.42 Å². The molecule has 0 fully saturated rings. The van der Waals surface area contributed by atoms with Crippen molar-refractivity contribution in [2.24, 2.45) is 0 Å². The van der Waals surface area contributed by atoms with E-state index in [1.165, 1.54) is 4.70 Å². The average molecular weight is 825 g/mol. The Balaban J connectivity index is 1.01. The second-order valence-electron chi connectivity index (χ2n) is 15.6. The van der Waals surface area contributed by atoms with Crippen molar-refractivity contribution in [1.29, 1.82) is 0 Å². The summed E-state index contributed by atoms with van der Waals surface area (Å²) in [6, 6.07) is 66.8. The van der Waals surface area contributed by atoms with E-state index in [2.05, 4.69) is 150 Å².